The summed E-state index contributed by atoms with van der Waals surface area (Å²) < 4.78 is 0. The molecule has 2 unspecified atom stereocenters. The monoisotopic (exact) mass is 236 g/mol. The van der Waals surface area contributed by atoms with Gasteiger partial charge in [0.1, 0.15) is 0 Å². The average molecular weight is 236 g/mol. The Bertz CT molecular complexity index is 385. The van der Waals surface area contributed by atoms with Crippen LogP contribution in [0.1, 0.15) is 34.6 Å². The number of likely N-dealkylation sites (tertiary alicyclic amines) is 1. The lowest BCUT2D eigenvalue weighted by molar-refractivity contribution is 0.205. The second-order valence-electron chi connectivity index (χ2n) is 5.26. The van der Waals surface area contributed by atoms with Crippen LogP contribution in [0.15, 0.2) is 6.07 Å². The Morgan fingerprint density at radius 3 is 2.94 bits per heavy atom. The highest BCUT2D eigenvalue weighted by molar-refractivity contribution is 7.12. The molecular formula is C13H20N2S. The molecule has 1 saturated heterocycles. The van der Waals surface area contributed by atoms with Gasteiger partial charge in [-0.15, -0.1) is 11.3 Å². The van der Waals surface area contributed by atoms with Crippen LogP contribution in [0, 0.1) is 12.8 Å². The van der Waals surface area contributed by atoms with Crippen LogP contribution in [0.5, 0.6) is 0 Å². The fourth-order valence-corrected chi connectivity index (χ4v) is 4.22. The molecule has 88 valence electrons. The summed E-state index contributed by atoms with van der Waals surface area (Å²) in [5.41, 5.74) is 7.21. The topological polar surface area (TPSA) is 29.3 Å². The van der Waals surface area contributed by atoms with E-state index in [1.54, 1.807) is 0 Å². The molecule has 1 aliphatic heterocycles. The van der Waals surface area contributed by atoms with E-state index in [1.807, 2.05) is 11.3 Å². The summed E-state index contributed by atoms with van der Waals surface area (Å²) >= 11 is 1.87. The maximum atomic E-state index is 5.70. The van der Waals surface area contributed by atoms with Crippen molar-refractivity contribution in [1.29, 1.82) is 0 Å². The number of piperidine rings is 1. The Morgan fingerprint density at radius 1 is 1.50 bits per heavy atom. The highest BCUT2D eigenvalue weighted by Crippen LogP contribution is 2.38. The number of hydrogen-bond donors (Lipinski definition) is 1. The molecule has 1 aromatic heterocycles. The second-order valence-corrected chi connectivity index (χ2v) is 6.60. The summed E-state index contributed by atoms with van der Waals surface area (Å²) in [6, 6.07) is 3.19. The van der Waals surface area contributed by atoms with E-state index >= 15 is 0 Å². The first-order valence-corrected chi connectivity index (χ1v) is 7.10. The lowest BCUT2D eigenvalue weighted by atomic mass is 10.1. The van der Waals surface area contributed by atoms with Crippen molar-refractivity contribution in [2.75, 3.05) is 6.54 Å². The van der Waals surface area contributed by atoms with Gasteiger partial charge in [0.2, 0.25) is 0 Å². The number of thiophene rings is 1. The normalized spacial score (nSPS) is 29.1. The summed E-state index contributed by atoms with van der Waals surface area (Å²) in [6.45, 7) is 5.41. The third kappa shape index (κ3) is 1.81. The zero-order valence-corrected chi connectivity index (χ0v) is 10.7. The third-order valence-electron chi connectivity index (χ3n) is 4.17. The summed E-state index contributed by atoms with van der Waals surface area (Å²) in [5, 5.41) is 0. The molecule has 0 amide bonds. The largest absolute Gasteiger partial charge is 0.326 e. The zero-order valence-electron chi connectivity index (χ0n) is 9.91. The second kappa shape index (κ2) is 4.13. The van der Waals surface area contributed by atoms with E-state index in [-0.39, 0.29) is 0 Å². The fraction of sp³-hybridized carbons (Fsp3) is 0.692. The number of nitrogens with two attached hydrogens (primary N) is 1. The maximum Gasteiger partial charge on any atom is 0.0274 e. The molecule has 2 N–H and O–H groups in total. The van der Waals surface area contributed by atoms with Gasteiger partial charge in [-0.25, -0.2) is 0 Å². The minimum atomic E-state index is 0.692. The van der Waals surface area contributed by atoms with Crippen LogP contribution in [-0.2, 0) is 13.1 Å². The number of hydrogen-bond acceptors (Lipinski definition) is 3. The van der Waals surface area contributed by atoms with E-state index in [1.165, 1.54) is 41.1 Å². The van der Waals surface area contributed by atoms with Crippen LogP contribution < -0.4 is 5.73 Å². The lowest BCUT2D eigenvalue weighted by Crippen LogP contribution is -2.31. The number of fused-ring (bicyclic) bond motifs is 2. The summed E-state index contributed by atoms with van der Waals surface area (Å²) in [5.74, 6) is 0.998. The highest BCUT2D eigenvalue weighted by atomic mass is 32.1. The Balaban J connectivity index is 1.71. The number of aryl methyl sites for hydroxylation is 1. The van der Waals surface area contributed by atoms with E-state index in [4.69, 9.17) is 5.73 Å². The van der Waals surface area contributed by atoms with Crippen LogP contribution in [0.25, 0.3) is 0 Å². The molecule has 2 nitrogen and oxygen atoms in total. The summed E-state index contributed by atoms with van der Waals surface area (Å²) in [7, 11) is 0. The molecule has 1 aliphatic carbocycles. The minimum Gasteiger partial charge on any atom is -0.326 e. The van der Waals surface area contributed by atoms with Gasteiger partial charge in [-0.3, -0.25) is 4.90 Å². The van der Waals surface area contributed by atoms with Crippen molar-refractivity contribution >= 4 is 11.3 Å². The van der Waals surface area contributed by atoms with Crippen LogP contribution in [0.3, 0.4) is 0 Å². The van der Waals surface area contributed by atoms with Crippen LogP contribution in [-0.4, -0.2) is 17.5 Å². The van der Waals surface area contributed by atoms with Crippen molar-refractivity contribution in [3.63, 3.8) is 0 Å². The molecule has 16 heavy (non-hydrogen) atoms. The van der Waals surface area contributed by atoms with E-state index in [0.29, 0.717) is 6.54 Å². The van der Waals surface area contributed by atoms with Gasteiger partial charge >= 0.3 is 0 Å². The van der Waals surface area contributed by atoms with Crippen molar-refractivity contribution in [3.05, 3.63) is 21.4 Å². The van der Waals surface area contributed by atoms with Gasteiger partial charge in [0.05, 0.1) is 0 Å². The first kappa shape index (κ1) is 10.8. The SMILES string of the molecule is Cc1sc(CN)cc1CN1CC2CCC1C2. The predicted octanol–water partition coefficient (Wildman–Crippen LogP) is 2.50. The molecule has 2 atom stereocenters. The molecule has 2 bridgehead atoms. The van der Waals surface area contributed by atoms with E-state index in [2.05, 4.69) is 17.9 Å². The molecule has 2 heterocycles. The smallest absolute Gasteiger partial charge is 0.0274 e. The van der Waals surface area contributed by atoms with Crippen molar-refractivity contribution in [2.24, 2.45) is 11.7 Å². The molecule has 2 fully saturated rings. The summed E-state index contributed by atoms with van der Waals surface area (Å²) in [6.07, 6.45) is 4.35. The lowest BCUT2D eigenvalue weighted by Gasteiger charge is -2.26. The Kier molecular flexibility index (Phi) is 2.78. The fourth-order valence-electron chi connectivity index (χ4n) is 3.28. The molecule has 2 aliphatic rings. The van der Waals surface area contributed by atoms with Crippen LogP contribution >= 0.6 is 11.3 Å². The van der Waals surface area contributed by atoms with Gasteiger partial charge in [-0.2, -0.15) is 0 Å². The van der Waals surface area contributed by atoms with E-state index in [0.717, 1.165) is 18.5 Å². The standard InChI is InChI=1S/C13H20N2S/c1-9-11(5-13(6-14)16-9)8-15-7-10-2-3-12(15)4-10/h5,10,12H,2-4,6-8,14H2,1H3. The molecule has 0 aromatic carbocycles. The predicted molar refractivity (Wildman–Crippen MR) is 68.5 cm³/mol. The van der Waals surface area contributed by atoms with Gasteiger partial charge in [0, 0.05) is 35.4 Å². The van der Waals surface area contributed by atoms with Gasteiger partial charge in [0.25, 0.3) is 0 Å². The molecule has 0 spiro atoms. The maximum absolute atomic E-state index is 5.70. The minimum absolute atomic E-state index is 0.692. The molecule has 3 rings (SSSR count). The number of rotatable bonds is 3. The quantitative estimate of drug-likeness (QED) is 0.873. The Hall–Kier alpha value is -0.380. The van der Waals surface area contributed by atoms with Gasteiger partial charge in [0.15, 0.2) is 0 Å². The van der Waals surface area contributed by atoms with Gasteiger partial charge in [-0.1, -0.05) is 0 Å². The Labute approximate surface area is 101 Å². The Morgan fingerprint density at radius 2 is 2.38 bits per heavy atom. The summed E-state index contributed by atoms with van der Waals surface area (Å²) in [4.78, 5) is 5.48. The van der Waals surface area contributed by atoms with Crippen molar-refractivity contribution in [3.8, 4) is 0 Å². The van der Waals surface area contributed by atoms with Gasteiger partial charge < -0.3 is 5.73 Å². The molecule has 1 aromatic rings. The first-order valence-electron chi connectivity index (χ1n) is 6.28. The molecule has 3 heteroatoms. The first-order chi connectivity index (χ1) is 7.76. The highest BCUT2D eigenvalue weighted by Gasteiger charge is 2.37. The van der Waals surface area contributed by atoms with Gasteiger partial charge in [-0.05, 0) is 43.7 Å². The van der Waals surface area contributed by atoms with E-state index in [9.17, 15) is 0 Å². The molecular weight excluding hydrogens is 216 g/mol. The third-order valence-corrected chi connectivity index (χ3v) is 5.28. The zero-order chi connectivity index (χ0) is 11.1. The van der Waals surface area contributed by atoms with Crippen molar-refractivity contribution in [2.45, 2.75) is 45.3 Å². The number of nitrogens with zero attached hydrogens (tertiary/aromatic N) is 1. The van der Waals surface area contributed by atoms with Crippen molar-refractivity contribution in [1.82, 2.24) is 4.90 Å². The van der Waals surface area contributed by atoms with Crippen molar-refractivity contribution < 1.29 is 0 Å². The van der Waals surface area contributed by atoms with E-state index < -0.39 is 0 Å². The van der Waals surface area contributed by atoms with Crippen LogP contribution in [0.2, 0.25) is 0 Å². The van der Waals surface area contributed by atoms with Crippen LogP contribution in [0.4, 0.5) is 0 Å². The molecule has 1 saturated carbocycles. The average Bonchev–Trinajstić information content (AvgIpc) is 2.95. The molecule has 0 radical (unpaired) electrons.